The summed E-state index contributed by atoms with van der Waals surface area (Å²) >= 11 is 3.48. The molecule has 2 aromatic carbocycles. The number of aryl methyl sites for hydroxylation is 2. The molecule has 3 heterocycles. The number of oxazole rings is 1. The third kappa shape index (κ3) is 2.35. The molecule has 3 aromatic heterocycles. The molecule has 0 aliphatic heterocycles. The summed E-state index contributed by atoms with van der Waals surface area (Å²) in [6, 6.07) is 16.6. The van der Waals surface area contributed by atoms with Gasteiger partial charge in [-0.05, 0) is 26.0 Å². The number of hydrogen-bond acceptors (Lipinski definition) is 4. The van der Waals surface area contributed by atoms with Gasteiger partial charge < -0.3 is 4.42 Å². The number of rotatable bonds is 2. The second-order valence-corrected chi connectivity index (χ2v) is 9.18. The van der Waals surface area contributed by atoms with Crippen molar-refractivity contribution in [1.29, 1.82) is 0 Å². The second-order valence-electron chi connectivity index (χ2n) is 6.66. The minimum atomic E-state index is -0.329. The van der Waals surface area contributed by atoms with Crippen LogP contribution in [0.25, 0.3) is 42.8 Å². The van der Waals surface area contributed by atoms with Crippen LogP contribution in [0.15, 0.2) is 57.7 Å². The zero-order valence-corrected chi connectivity index (χ0v) is 16.8. The molecule has 0 spiro atoms. The summed E-state index contributed by atoms with van der Waals surface area (Å²) in [6.45, 7) is 4.20. The molecule has 0 atom stereocenters. The Kier molecular flexibility index (Phi) is 3.64. The Morgan fingerprint density at radius 3 is 1.96 bits per heavy atom. The molecule has 0 radical (unpaired) electrons. The molecule has 0 aliphatic carbocycles. The highest BCUT2D eigenvalue weighted by Gasteiger charge is 2.25. The van der Waals surface area contributed by atoms with E-state index in [1.165, 1.54) is 14.3 Å². The number of thiophene rings is 2. The van der Waals surface area contributed by atoms with Crippen LogP contribution in [0.1, 0.15) is 9.75 Å². The molecule has 27 heavy (non-hydrogen) atoms. The van der Waals surface area contributed by atoms with E-state index in [1.807, 2.05) is 24.3 Å². The molecule has 0 N–H and O–H groups in total. The third-order valence-corrected chi connectivity index (χ3v) is 7.19. The molecule has 5 heteroatoms. The summed E-state index contributed by atoms with van der Waals surface area (Å²) in [6.07, 6.45) is 0. The molecule has 5 rings (SSSR count). The van der Waals surface area contributed by atoms with Crippen molar-refractivity contribution in [2.75, 3.05) is 0 Å². The van der Waals surface area contributed by atoms with Crippen molar-refractivity contribution in [1.82, 2.24) is 4.57 Å². The zero-order chi connectivity index (χ0) is 18.7. The van der Waals surface area contributed by atoms with Crippen LogP contribution >= 0.6 is 22.7 Å². The molecule has 134 valence electrons. The topological polar surface area (TPSA) is 35.1 Å². The maximum Gasteiger partial charge on any atom is 0.419 e. The molecule has 0 bridgehead atoms. The van der Waals surface area contributed by atoms with Gasteiger partial charge in [0, 0.05) is 48.1 Å². The SMILES string of the molecule is Cc1sc2ccccc2c1-c1oc(=O)n(C)c1-c1c(C)sc2ccccc12. The molecule has 0 saturated heterocycles. The largest absolute Gasteiger partial charge is 0.419 e. The first-order chi connectivity index (χ1) is 13.1. The number of fused-ring (bicyclic) bond motifs is 2. The molecule has 0 aliphatic rings. The first kappa shape index (κ1) is 16.5. The Morgan fingerprint density at radius 1 is 0.815 bits per heavy atom. The van der Waals surface area contributed by atoms with Gasteiger partial charge in [0.25, 0.3) is 0 Å². The van der Waals surface area contributed by atoms with Crippen LogP contribution in [-0.4, -0.2) is 4.57 Å². The molecule has 0 fully saturated rings. The Hall–Kier alpha value is -2.63. The molecular weight excluding hydrogens is 374 g/mol. The van der Waals surface area contributed by atoms with Gasteiger partial charge >= 0.3 is 5.76 Å². The highest BCUT2D eigenvalue weighted by molar-refractivity contribution is 7.20. The van der Waals surface area contributed by atoms with Crippen molar-refractivity contribution in [2.24, 2.45) is 7.05 Å². The van der Waals surface area contributed by atoms with E-state index in [2.05, 4.69) is 38.1 Å². The highest BCUT2D eigenvalue weighted by Crippen LogP contribution is 2.45. The summed E-state index contributed by atoms with van der Waals surface area (Å²) in [5.74, 6) is 0.341. The van der Waals surface area contributed by atoms with Gasteiger partial charge in [-0.1, -0.05) is 36.4 Å². The van der Waals surface area contributed by atoms with E-state index in [9.17, 15) is 4.79 Å². The minimum absolute atomic E-state index is 0.329. The van der Waals surface area contributed by atoms with E-state index >= 15 is 0 Å². The summed E-state index contributed by atoms with van der Waals surface area (Å²) in [4.78, 5) is 14.9. The Balaban J connectivity index is 1.92. The van der Waals surface area contributed by atoms with Gasteiger partial charge in [0.15, 0.2) is 5.76 Å². The van der Waals surface area contributed by atoms with Crippen LogP contribution in [0, 0.1) is 13.8 Å². The maximum atomic E-state index is 12.5. The smallest absolute Gasteiger partial charge is 0.407 e. The van der Waals surface area contributed by atoms with Crippen molar-refractivity contribution >= 4 is 42.8 Å². The maximum absolute atomic E-state index is 12.5. The van der Waals surface area contributed by atoms with Gasteiger partial charge in [-0.3, -0.25) is 4.57 Å². The van der Waals surface area contributed by atoms with Gasteiger partial charge in [-0.15, -0.1) is 22.7 Å². The van der Waals surface area contributed by atoms with E-state index in [-0.39, 0.29) is 5.76 Å². The lowest BCUT2D eigenvalue weighted by atomic mass is 10.0. The first-order valence-corrected chi connectivity index (χ1v) is 10.4. The van der Waals surface area contributed by atoms with Crippen LogP contribution in [0.4, 0.5) is 0 Å². The fourth-order valence-electron chi connectivity index (χ4n) is 3.81. The van der Waals surface area contributed by atoms with Gasteiger partial charge in [0.05, 0.1) is 5.69 Å². The number of benzene rings is 2. The standard InChI is InChI=1S/C22H17NO2S2/c1-12-18(14-8-4-6-10-16(14)26-12)20-21(25-22(24)23(20)3)19-13(2)27-17-11-7-5-9-15(17)19/h4-11H,1-3H3. The third-order valence-electron chi connectivity index (χ3n) is 5.02. The Bertz CT molecular complexity index is 1380. The van der Waals surface area contributed by atoms with Crippen LogP contribution in [0.2, 0.25) is 0 Å². The molecule has 0 amide bonds. The minimum Gasteiger partial charge on any atom is -0.407 e. The van der Waals surface area contributed by atoms with Gasteiger partial charge in [-0.25, -0.2) is 4.79 Å². The average molecular weight is 392 g/mol. The fraction of sp³-hybridized carbons (Fsp3) is 0.136. The average Bonchev–Trinajstić information content (AvgIpc) is 3.25. The van der Waals surface area contributed by atoms with Crippen molar-refractivity contribution in [3.8, 4) is 22.6 Å². The lowest BCUT2D eigenvalue weighted by molar-refractivity contribution is 0.506. The normalized spacial score (nSPS) is 11.7. The molecular formula is C22H17NO2S2. The van der Waals surface area contributed by atoms with Gasteiger partial charge in [0.1, 0.15) is 0 Å². The van der Waals surface area contributed by atoms with Gasteiger partial charge in [-0.2, -0.15) is 0 Å². The molecule has 5 aromatic rings. The zero-order valence-electron chi connectivity index (χ0n) is 15.2. The predicted molar refractivity (Wildman–Crippen MR) is 115 cm³/mol. The first-order valence-electron chi connectivity index (χ1n) is 8.73. The predicted octanol–water partition coefficient (Wildman–Crippen LogP) is 6.36. The van der Waals surface area contributed by atoms with Crippen LogP contribution in [0.3, 0.4) is 0 Å². The molecule has 0 unspecified atom stereocenters. The Labute approximate surface area is 164 Å². The molecule has 0 saturated carbocycles. The highest BCUT2D eigenvalue weighted by atomic mass is 32.1. The van der Waals surface area contributed by atoms with Crippen molar-refractivity contribution < 1.29 is 4.42 Å². The summed E-state index contributed by atoms with van der Waals surface area (Å²) in [5.41, 5.74) is 2.98. The molecule has 3 nitrogen and oxygen atoms in total. The lowest BCUT2D eigenvalue weighted by Crippen LogP contribution is -2.10. The van der Waals surface area contributed by atoms with Crippen molar-refractivity contribution in [2.45, 2.75) is 13.8 Å². The van der Waals surface area contributed by atoms with Crippen LogP contribution in [-0.2, 0) is 7.05 Å². The van der Waals surface area contributed by atoms with Gasteiger partial charge in [0.2, 0.25) is 0 Å². The van der Waals surface area contributed by atoms with E-state index in [4.69, 9.17) is 4.42 Å². The van der Waals surface area contributed by atoms with E-state index in [0.29, 0.717) is 5.76 Å². The van der Waals surface area contributed by atoms with E-state index in [1.54, 1.807) is 34.3 Å². The summed E-state index contributed by atoms with van der Waals surface area (Å²) in [7, 11) is 1.79. The van der Waals surface area contributed by atoms with E-state index in [0.717, 1.165) is 32.5 Å². The van der Waals surface area contributed by atoms with Crippen molar-refractivity contribution in [3.63, 3.8) is 0 Å². The number of aromatic nitrogens is 1. The van der Waals surface area contributed by atoms with Crippen LogP contribution in [0.5, 0.6) is 0 Å². The fourth-order valence-corrected chi connectivity index (χ4v) is 5.94. The lowest BCUT2D eigenvalue weighted by Gasteiger charge is -2.06. The Morgan fingerprint density at radius 2 is 1.33 bits per heavy atom. The number of hydrogen-bond donors (Lipinski definition) is 0. The summed E-state index contributed by atoms with van der Waals surface area (Å²) in [5, 5.41) is 2.29. The monoisotopic (exact) mass is 391 g/mol. The van der Waals surface area contributed by atoms with E-state index < -0.39 is 0 Å². The number of nitrogens with zero attached hydrogens (tertiary/aromatic N) is 1. The second kappa shape index (κ2) is 5.94. The van der Waals surface area contributed by atoms with Crippen LogP contribution < -0.4 is 5.76 Å². The quantitative estimate of drug-likeness (QED) is 0.351. The summed E-state index contributed by atoms with van der Waals surface area (Å²) < 4.78 is 9.89. The van der Waals surface area contributed by atoms with Crippen molar-refractivity contribution in [3.05, 3.63) is 68.8 Å².